The number of fused-ring (bicyclic) bond motifs is 1. The molecule has 158 valence electrons. The molecule has 0 aliphatic carbocycles. The van der Waals surface area contributed by atoms with Gasteiger partial charge in [-0.2, -0.15) is 13.2 Å². The van der Waals surface area contributed by atoms with Crippen LogP contribution in [0.25, 0.3) is 0 Å². The smallest absolute Gasteiger partial charge is 0.355 e. The first kappa shape index (κ1) is 20.2. The molecule has 4 rings (SSSR count). The van der Waals surface area contributed by atoms with Gasteiger partial charge in [0.1, 0.15) is 5.82 Å². The number of nitrogens with zero attached hydrogens (tertiary/aromatic N) is 2. The number of carbonyl (C=O) groups excluding carboxylic acids is 2. The van der Waals surface area contributed by atoms with Gasteiger partial charge in [-0.1, -0.05) is 0 Å². The summed E-state index contributed by atoms with van der Waals surface area (Å²) in [6, 6.07) is 7.56. The Morgan fingerprint density at radius 1 is 1.23 bits per heavy atom. The number of carbonyl (C=O) groups is 2. The maximum atomic E-state index is 13.3. The average molecular weight is 418 g/mol. The second kappa shape index (κ2) is 7.97. The van der Waals surface area contributed by atoms with Gasteiger partial charge in [0.25, 0.3) is 0 Å². The second-order valence-corrected chi connectivity index (χ2v) is 7.57. The third kappa shape index (κ3) is 4.24. The van der Waals surface area contributed by atoms with E-state index in [9.17, 15) is 22.8 Å². The lowest BCUT2D eigenvalue weighted by Gasteiger charge is -2.34. The van der Waals surface area contributed by atoms with Gasteiger partial charge in [0, 0.05) is 37.1 Å². The van der Waals surface area contributed by atoms with Crippen molar-refractivity contribution >= 4 is 29.0 Å². The molecule has 1 saturated heterocycles. The number of nitrogens with one attached hydrogen (secondary N) is 2. The molecule has 1 aromatic heterocycles. The van der Waals surface area contributed by atoms with Crippen LogP contribution in [-0.4, -0.2) is 29.9 Å². The van der Waals surface area contributed by atoms with Gasteiger partial charge >= 0.3 is 6.18 Å². The normalized spacial score (nSPS) is 19.1. The Labute approximate surface area is 171 Å². The first-order valence-corrected chi connectivity index (χ1v) is 9.82. The largest absolute Gasteiger partial charge is 0.419 e. The highest BCUT2D eigenvalue weighted by Gasteiger charge is 2.37. The molecule has 9 heteroatoms. The number of pyridine rings is 1. The number of aryl methyl sites for hydroxylation is 1. The number of hydrogen-bond donors (Lipinski definition) is 2. The van der Waals surface area contributed by atoms with E-state index >= 15 is 0 Å². The molecule has 2 aliphatic heterocycles. The Hall–Kier alpha value is -3.10. The molecule has 1 aromatic carbocycles. The first-order valence-electron chi connectivity index (χ1n) is 9.82. The van der Waals surface area contributed by atoms with Gasteiger partial charge in [-0.3, -0.25) is 9.59 Å². The van der Waals surface area contributed by atoms with Crippen molar-refractivity contribution in [2.45, 2.75) is 31.9 Å². The number of amides is 2. The summed E-state index contributed by atoms with van der Waals surface area (Å²) >= 11 is 0. The van der Waals surface area contributed by atoms with Crippen molar-refractivity contribution in [1.82, 2.24) is 4.98 Å². The number of rotatable bonds is 3. The van der Waals surface area contributed by atoms with Crippen molar-refractivity contribution < 1.29 is 22.8 Å². The van der Waals surface area contributed by atoms with Crippen molar-refractivity contribution in [1.29, 1.82) is 0 Å². The van der Waals surface area contributed by atoms with E-state index in [1.807, 2.05) is 6.07 Å². The summed E-state index contributed by atoms with van der Waals surface area (Å²) in [4.78, 5) is 29.7. The van der Waals surface area contributed by atoms with Gasteiger partial charge in [-0.25, -0.2) is 4.98 Å². The summed E-state index contributed by atoms with van der Waals surface area (Å²) < 4.78 is 40.0. The van der Waals surface area contributed by atoms with Gasteiger partial charge in [-0.05, 0) is 55.2 Å². The Morgan fingerprint density at radius 2 is 2.07 bits per heavy atom. The van der Waals surface area contributed by atoms with Crippen molar-refractivity contribution in [3.8, 4) is 0 Å². The maximum absolute atomic E-state index is 13.3. The minimum Gasteiger partial charge on any atom is -0.355 e. The molecule has 2 aromatic rings. The van der Waals surface area contributed by atoms with Crippen LogP contribution in [0.2, 0.25) is 0 Å². The molecule has 1 fully saturated rings. The quantitative estimate of drug-likeness (QED) is 0.794. The Balaban J connectivity index is 1.47. The lowest BCUT2D eigenvalue weighted by atomic mass is 9.96. The van der Waals surface area contributed by atoms with E-state index in [0.29, 0.717) is 37.9 Å². The zero-order chi connectivity index (χ0) is 21.3. The summed E-state index contributed by atoms with van der Waals surface area (Å²) in [6.07, 6.45) is -0.979. The van der Waals surface area contributed by atoms with Crippen LogP contribution in [-0.2, 0) is 22.2 Å². The summed E-state index contributed by atoms with van der Waals surface area (Å²) in [6.45, 7) is 0.593. The summed E-state index contributed by atoms with van der Waals surface area (Å²) in [7, 11) is 0. The van der Waals surface area contributed by atoms with Crippen LogP contribution in [0.1, 0.15) is 30.4 Å². The van der Waals surface area contributed by atoms with Crippen LogP contribution >= 0.6 is 0 Å². The highest BCUT2D eigenvalue weighted by Crippen LogP contribution is 2.36. The van der Waals surface area contributed by atoms with E-state index in [-0.39, 0.29) is 24.2 Å². The van der Waals surface area contributed by atoms with Gasteiger partial charge in [0.05, 0.1) is 11.5 Å². The fourth-order valence-corrected chi connectivity index (χ4v) is 3.96. The summed E-state index contributed by atoms with van der Waals surface area (Å²) in [5.74, 6) is -0.845. The zero-order valence-corrected chi connectivity index (χ0v) is 16.1. The van der Waals surface area contributed by atoms with Gasteiger partial charge in [0.15, 0.2) is 0 Å². The van der Waals surface area contributed by atoms with Crippen LogP contribution in [0.3, 0.4) is 0 Å². The van der Waals surface area contributed by atoms with E-state index < -0.39 is 17.7 Å². The maximum Gasteiger partial charge on any atom is 0.419 e. The van der Waals surface area contributed by atoms with Crippen molar-refractivity contribution in [2.24, 2.45) is 5.92 Å². The third-order valence-electron chi connectivity index (χ3n) is 5.45. The Bertz CT molecular complexity index is 977. The predicted molar refractivity (Wildman–Crippen MR) is 106 cm³/mol. The first-order chi connectivity index (χ1) is 14.3. The number of aromatic nitrogens is 1. The lowest BCUT2D eigenvalue weighted by molar-refractivity contribution is -0.137. The summed E-state index contributed by atoms with van der Waals surface area (Å²) in [5.41, 5.74) is 1.51. The molecule has 6 nitrogen and oxygen atoms in total. The molecule has 0 radical (unpaired) electrons. The van der Waals surface area contributed by atoms with E-state index in [0.717, 1.165) is 17.3 Å². The Kier molecular flexibility index (Phi) is 5.36. The molecular formula is C21H21F3N4O2. The van der Waals surface area contributed by atoms with Gasteiger partial charge < -0.3 is 15.5 Å². The average Bonchev–Trinajstić information content (AvgIpc) is 2.73. The standard InChI is InChI=1S/C21H21F3N4O2/c22-21(23,24)16-4-1-9-25-19(16)28-10-2-3-14(12-28)20(30)26-15-6-7-17-13(11-15)5-8-18(29)27-17/h1,4,6-7,9,11,14H,2-3,5,8,10,12H2,(H,26,30)(H,27,29). The van der Waals surface area contributed by atoms with Crippen LogP contribution < -0.4 is 15.5 Å². The van der Waals surface area contributed by atoms with Crippen molar-refractivity contribution in [3.63, 3.8) is 0 Å². The molecule has 30 heavy (non-hydrogen) atoms. The molecule has 2 N–H and O–H groups in total. The molecule has 1 atom stereocenters. The highest BCUT2D eigenvalue weighted by molar-refractivity contribution is 5.96. The van der Waals surface area contributed by atoms with Crippen LogP contribution in [0, 0.1) is 5.92 Å². The van der Waals surface area contributed by atoms with Crippen molar-refractivity contribution in [3.05, 3.63) is 47.7 Å². The van der Waals surface area contributed by atoms with Gasteiger partial charge in [0.2, 0.25) is 11.8 Å². The van der Waals surface area contributed by atoms with Crippen LogP contribution in [0.15, 0.2) is 36.5 Å². The lowest BCUT2D eigenvalue weighted by Crippen LogP contribution is -2.42. The Morgan fingerprint density at radius 3 is 2.87 bits per heavy atom. The highest BCUT2D eigenvalue weighted by atomic mass is 19.4. The number of alkyl halides is 3. The fourth-order valence-electron chi connectivity index (χ4n) is 3.96. The topological polar surface area (TPSA) is 74.3 Å². The number of halogens is 3. The zero-order valence-electron chi connectivity index (χ0n) is 16.1. The minimum absolute atomic E-state index is 0.0330. The van der Waals surface area contributed by atoms with Gasteiger partial charge in [-0.15, -0.1) is 0 Å². The van der Waals surface area contributed by atoms with E-state index in [4.69, 9.17) is 0 Å². The SMILES string of the molecule is O=C1CCc2cc(NC(=O)C3CCCN(c4ncccc4C(F)(F)F)C3)ccc2N1. The van der Waals surface area contributed by atoms with Crippen LogP contribution in [0.4, 0.5) is 30.4 Å². The second-order valence-electron chi connectivity index (χ2n) is 7.57. The van der Waals surface area contributed by atoms with Crippen LogP contribution in [0.5, 0.6) is 0 Å². The van der Waals surface area contributed by atoms with E-state index in [1.54, 1.807) is 17.0 Å². The fraction of sp³-hybridized carbons (Fsp3) is 0.381. The number of piperidine rings is 1. The molecule has 2 amide bonds. The minimum atomic E-state index is -4.50. The number of anilines is 3. The molecule has 3 heterocycles. The predicted octanol–water partition coefficient (Wildman–Crippen LogP) is 3.84. The molecule has 2 aliphatic rings. The van der Waals surface area contributed by atoms with Crippen molar-refractivity contribution in [2.75, 3.05) is 28.6 Å². The van der Waals surface area contributed by atoms with E-state index in [2.05, 4.69) is 15.6 Å². The van der Waals surface area contributed by atoms with E-state index in [1.165, 1.54) is 12.3 Å². The summed E-state index contributed by atoms with van der Waals surface area (Å²) in [5, 5.41) is 5.66. The number of hydrogen-bond acceptors (Lipinski definition) is 4. The molecule has 1 unspecified atom stereocenters. The third-order valence-corrected chi connectivity index (χ3v) is 5.45. The molecule has 0 bridgehead atoms. The molecule has 0 saturated carbocycles. The number of benzene rings is 1. The molecular weight excluding hydrogens is 397 g/mol. The molecule has 0 spiro atoms. The monoisotopic (exact) mass is 418 g/mol.